The number of carbonyl (C=O) groups is 1. The van der Waals surface area contributed by atoms with Crippen molar-refractivity contribution >= 4 is 11.6 Å². The molecule has 6 heteroatoms. The van der Waals surface area contributed by atoms with Crippen LogP contribution in [0.4, 0.5) is 5.69 Å². The molecule has 0 radical (unpaired) electrons. The summed E-state index contributed by atoms with van der Waals surface area (Å²) in [5.41, 5.74) is 3.01. The van der Waals surface area contributed by atoms with Crippen LogP contribution < -0.4 is 15.0 Å². The maximum atomic E-state index is 12.8. The summed E-state index contributed by atoms with van der Waals surface area (Å²) in [7, 11) is 4.07. The lowest BCUT2D eigenvalue weighted by molar-refractivity contribution is 0.0162. The van der Waals surface area contributed by atoms with Crippen molar-refractivity contribution in [3.05, 3.63) is 59.7 Å². The number of nitrogens with one attached hydrogen (secondary N) is 1. The molecule has 1 aliphatic heterocycles. The van der Waals surface area contributed by atoms with Gasteiger partial charge in [-0.1, -0.05) is 25.5 Å². The van der Waals surface area contributed by atoms with Crippen molar-refractivity contribution in [2.24, 2.45) is 0 Å². The first-order valence-corrected chi connectivity index (χ1v) is 11.2. The topological polar surface area (TPSA) is 54.0 Å². The molecule has 0 saturated carbocycles. The molecule has 168 valence electrons. The number of hydrogen-bond acceptors (Lipinski definition) is 5. The maximum absolute atomic E-state index is 12.8. The molecule has 0 spiro atoms. The van der Waals surface area contributed by atoms with Gasteiger partial charge in [-0.05, 0) is 48.4 Å². The normalized spacial score (nSPS) is 15.3. The Hall–Kier alpha value is -2.57. The van der Waals surface area contributed by atoms with Crippen molar-refractivity contribution < 1.29 is 14.3 Å². The van der Waals surface area contributed by atoms with Gasteiger partial charge < -0.3 is 19.7 Å². The summed E-state index contributed by atoms with van der Waals surface area (Å²) in [6, 6.07) is 16.1. The highest BCUT2D eigenvalue weighted by molar-refractivity contribution is 5.94. The van der Waals surface area contributed by atoms with Crippen molar-refractivity contribution in [2.75, 3.05) is 58.5 Å². The SMILES string of the molecule is CCCCOc1ccc(C(=O)NC[C@H](c2ccc(N(C)C)cc2)N2CCOCC2)cc1. The first-order chi connectivity index (χ1) is 15.1. The highest BCUT2D eigenvalue weighted by Gasteiger charge is 2.23. The quantitative estimate of drug-likeness (QED) is 0.588. The fourth-order valence-electron chi connectivity index (χ4n) is 3.67. The first kappa shape index (κ1) is 23.1. The Balaban J connectivity index is 1.64. The Kier molecular flexibility index (Phi) is 8.74. The molecule has 1 saturated heterocycles. The number of rotatable bonds is 10. The van der Waals surface area contributed by atoms with Crippen LogP contribution in [0.15, 0.2) is 48.5 Å². The zero-order valence-corrected chi connectivity index (χ0v) is 19.0. The highest BCUT2D eigenvalue weighted by atomic mass is 16.5. The lowest BCUT2D eigenvalue weighted by atomic mass is 10.0. The van der Waals surface area contributed by atoms with Crippen molar-refractivity contribution in [1.29, 1.82) is 0 Å². The Morgan fingerprint density at radius 2 is 1.77 bits per heavy atom. The third kappa shape index (κ3) is 6.71. The van der Waals surface area contributed by atoms with E-state index in [4.69, 9.17) is 9.47 Å². The van der Waals surface area contributed by atoms with E-state index in [1.165, 1.54) is 5.56 Å². The molecule has 1 N–H and O–H groups in total. The van der Waals surface area contributed by atoms with E-state index in [2.05, 4.69) is 46.3 Å². The number of hydrogen-bond donors (Lipinski definition) is 1. The minimum absolute atomic E-state index is 0.0664. The lowest BCUT2D eigenvalue weighted by Crippen LogP contribution is -2.43. The molecule has 0 bridgehead atoms. The zero-order valence-electron chi connectivity index (χ0n) is 19.0. The predicted octanol–water partition coefficient (Wildman–Crippen LogP) is 3.73. The number of unbranched alkanes of at least 4 members (excludes halogenated alkanes) is 1. The summed E-state index contributed by atoms with van der Waals surface area (Å²) >= 11 is 0. The standard InChI is InChI=1S/C25H35N3O3/c1-4-5-16-31-23-12-8-21(9-13-23)25(29)26-19-24(28-14-17-30-18-15-28)20-6-10-22(11-7-20)27(2)3/h6-13,24H,4-5,14-19H2,1-3H3,(H,26,29)/t24-/m1/s1. The molecule has 1 heterocycles. The summed E-state index contributed by atoms with van der Waals surface area (Å²) in [4.78, 5) is 17.3. The summed E-state index contributed by atoms with van der Waals surface area (Å²) < 4.78 is 11.2. The number of morpholine rings is 1. The lowest BCUT2D eigenvalue weighted by Gasteiger charge is -2.35. The smallest absolute Gasteiger partial charge is 0.251 e. The van der Waals surface area contributed by atoms with Crippen LogP contribution in [-0.4, -0.2) is 64.4 Å². The molecule has 0 aromatic heterocycles. The maximum Gasteiger partial charge on any atom is 0.251 e. The molecule has 1 fully saturated rings. The van der Waals surface area contributed by atoms with Gasteiger partial charge >= 0.3 is 0 Å². The van der Waals surface area contributed by atoms with E-state index in [1.54, 1.807) is 0 Å². The Morgan fingerprint density at radius 1 is 1.10 bits per heavy atom. The molecule has 0 aliphatic carbocycles. The van der Waals surface area contributed by atoms with E-state index < -0.39 is 0 Å². The monoisotopic (exact) mass is 425 g/mol. The van der Waals surface area contributed by atoms with Gasteiger partial charge in [0.05, 0.1) is 25.9 Å². The Labute approximate surface area is 186 Å². The minimum Gasteiger partial charge on any atom is -0.494 e. The van der Waals surface area contributed by atoms with E-state index in [9.17, 15) is 4.79 Å². The molecule has 1 atom stereocenters. The summed E-state index contributed by atoms with van der Waals surface area (Å²) in [5.74, 6) is 0.737. The van der Waals surface area contributed by atoms with Gasteiger partial charge in [-0.2, -0.15) is 0 Å². The van der Waals surface area contributed by atoms with Crippen molar-refractivity contribution in [3.63, 3.8) is 0 Å². The Morgan fingerprint density at radius 3 is 2.39 bits per heavy atom. The van der Waals surface area contributed by atoms with Gasteiger partial charge in [0.1, 0.15) is 5.75 Å². The summed E-state index contributed by atoms with van der Waals surface area (Å²) in [5, 5.41) is 3.13. The third-order valence-corrected chi connectivity index (χ3v) is 5.62. The largest absolute Gasteiger partial charge is 0.494 e. The van der Waals surface area contributed by atoms with E-state index in [0.29, 0.717) is 18.7 Å². The highest BCUT2D eigenvalue weighted by Crippen LogP contribution is 2.24. The molecule has 1 aliphatic rings. The zero-order chi connectivity index (χ0) is 22.1. The van der Waals surface area contributed by atoms with Crippen LogP contribution in [0.2, 0.25) is 0 Å². The van der Waals surface area contributed by atoms with Gasteiger partial charge in [-0.25, -0.2) is 0 Å². The molecule has 6 nitrogen and oxygen atoms in total. The number of anilines is 1. The number of nitrogens with zero attached hydrogens (tertiary/aromatic N) is 2. The number of amides is 1. The van der Waals surface area contributed by atoms with Gasteiger partial charge in [-0.3, -0.25) is 9.69 Å². The molecule has 2 aromatic carbocycles. The van der Waals surface area contributed by atoms with E-state index >= 15 is 0 Å². The second kappa shape index (κ2) is 11.7. The van der Waals surface area contributed by atoms with Gasteiger partial charge in [0.2, 0.25) is 0 Å². The van der Waals surface area contributed by atoms with Crippen molar-refractivity contribution in [2.45, 2.75) is 25.8 Å². The van der Waals surface area contributed by atoms with E-state index in [-0.39, 0.29) is 11.9 Å². The minimum atomic E-state index is -0.0664. The number of carbonyl (C=O) groups excluding carboxylic acids is 1. The van der Waals surface area contributed by atoms with Crippen LogP contribution in [0.25, 0.3) is 0 Å². The molecule has 2 aromatic rings. The molecular weight excluding hydrogens is 390 g/mol. The van der Waals surface area contributed by atoms with Crippen molar-refractivity contribution in [3.8, 4) is 5.75 Å². The fourth-order valence-corrected chi connectivity index (χ4v) is 3.67. The second-order valence-electron chi connectivity index (χ2n) is 8.09. The van der Waals surface area contributed by atoms with Crippen LogP contribution in [0.1, 0.15) is 41.7 Å². The molecule has 1 amide bonds. The van der Waals surface area contributed by atoms with Gasteiger partial charge in [0.25, 0.3) is 5.91 Å². The predicted molar refractivity (Wildman–Crippen MR) is 125 cm³/mol. The number of benzene rings is 2. The molecule has 3 rings (SSSR count). The summed E-state index contributed by atoms with van der Waals surface area (Å²) in [6.45, 7) is 6.56. The van der Waals surface area contributed by atoms with Crippen LogP contribution in [-0.2, 0) is 4.74 Å². The van der Waals surface area contributed by atoms with Gasteiger partial charge in [0, 0.05) is 45.0 Å². The summed E-state index contributed by atoms with van der Waals surface area (Å²) in [6.07, 6.45) is 2.13. The van der Waals surface area contributed by atoms with Crippen LogP contribution in [0.3, 0.4) is 0 Å². The molecule has 0 unspecified atom stereocenters. The average Bonchev–Trinajstić information content (AvgIpc) is 2.81. The fraction of sp³-hybridized carbons (Fsp3) is 0.480. The van der Waals surface area contributed by atoms with E-state index in [0.717, 1.165) is 50.6 Å². The van der Waals surface area contributed by atoms with Crippen LogP contribution in [0.5, 0.6) is 5.75 Å². The van der Waals surface area contributed by atoms with Gasteiger partial charge in [-0.15, -0.1) is 0 Å². The van der Waals surface area contributed by atoms with E-state index in [1.807, 2.05) is 38.4 Å². The molecular formula is C25H35N3O3. The van der Waals surface area contributed by atoms with Crippen LogP contribution >= 0.6 is 0 Å². The second-order valence-corrected chi connectivity index (χ2v) is 8.09. The third-order valence-electron chi connectivity index (χ3n) is 5.62. The average molecular weight is 426 g/mol. The van der Waals surface area contributed by atoms with Crippen molar-refractivity contribution in [1.82, 2.24) is 10.2 Å². The van der Waals surface area contributed by atoms with Crippen LogP contribution in [0, 0.1) is 0 Å². The number of ether oxygens (including phenoxy) is 2. The molecule has 31 heavy (non-hydrogen) atoms. The first-order valence-electron chi connectivity index (χ1n) is 11.2. The Bertz CT molecular complexity index is 800. The van der Waals surface area contributed by atoms with Gasteiger partial charge in [0.15, 0.2) is 0 Å².